The van der Waals surface area contributed by atoms with Gasteiger partial charge in [0.05, 0.1) is 17.5 Å². The molecule has 9 heteroatoms. The summed E-state index contributed by atoms with van der Waals surface area (Å²) in [6.07, 6.45) is 2.06. The zero-order valence-corrected chi connectivity index (χ0v) is 16.1. The van der Waals surface area contributed by atoms with Crippen LogP contribution in [0.3, 0.4) is 0 Å². The number of rotatable bonds is 5. The van der Waals surface area contributed by atoms with Crippen molar-refractivity contribution < 1.29 is 18.3 Å². The third kappa shape index (κ3) is 4.67. The Morgan fingerprint density at radius 1 is 1.19 bits per heavy atom. The molecule has 3 rings (SSSR count). The smallest absolute Gasteiger partial charge is 0.335 e. The van der Waals surface area contributed by atoms with E-state index >= 15 is 0 Å². The number of hydrogen-bond donors (Lipinski definition) is 1. The van der Waals surface area contributed by atoms with E-state index in [1.165, 1.54) is 21.9 Å². The van der Waals surface area contributed by atoms with E-state index < -0.39 is 16.0 Å². The topological polar surface area (TPSA) is 90.8 Å². The molecule has 26 heavy (non-hydrogen) atoms. The average molecular weight is 396 g/mol. The van der Waals surface area contributed by atoms with Gasteiger partial charge in [0.1, 0.15) is 5.01 Å². The third-order valence-corrected chi connectivity index (χ3v) is 6.58. The van der Waals surface area contributed by atoms with E-state index in [1.807, 2.05) is 5.38 Å². The maximum atomic E-state index is 11.7. The summed E-state index contributed by atoms with van der Waals surface area (Å²) in [4.78, 5) is 17.8. The van der Waals surface area contributed by atoms with E-state index in [-0.39, 0.29) is 5.56 Å². The minimum atomic E-state index is -3.14. The molecule has 0 atom stereocenters. The van der Waals surface area contributed by atoms with E-state index in [1.54, 1.807) is 24.3 Å². The molecule has 1 aliphatic heterocycles. The minimum absolute atomic E-state index is 0.255. The molecule has 0 spiro atoms. The number of thiazole rings is 1. The van der Waals surface area contributed by atoms with Crippen LogP contribution in [0.2, 0.25) is 0 Å². The summed E-state index contributed by atoms with van der Waals surface area (Å²) in [7, 11) is -3.14. The second kappa shape index (κ2) is 7.83. The largest absolute Gasteiger partial charge is 0.478 e. The van der Waals surface area contributed by atoms with E-state index in [2.05, 4.69) is 9.88 Å². The first-order valence-electron chi connectivity index (χ1n) is 8.28. The number of hydrogen-bond acceptors (Lipinski definition) is 6. The Labute approximate surface area is 156 Å². The van der Waals surface area contributed by atoms with E-state index in [4.69, 9.17) is 5.11 Å². The molecule has 7 nitrogen and oxygen atoms in total. The molecular formula is C17H21N3O4S2. The highest BCUT2D eigenvalue weighted by Crippen LogP contribution is 2.25. The lowest BCUT2D eigenvalue weighted by Gasteiger charge is -2.19. The Balaban J connectivity index is 1.64. The minimum Gasteiger partial charge on any atom is -0.478 e. The van der Waals surface area contributed by atoms with Crippen LogP contribution in [0.25, 0.3) is 10.6 Å². The Bertz CT molecular complexity index is 878. The molecule has 1 aromatic heterocycles. The molecule has 0 bridgehead atoms. The van der Waals surface area contributed by atoms with Crippen molar-refractivity contribution in [1.29, 1.82) is 0 Å². The monoisotopic (exact) mass is 395 g/mol. The van der Waals surface area contributed by atoms with Crippen LogP contribution in [0, 0.1) is 0 Å². The molecule has 2 heterocycles. The van der Waals surface area contributed by atoms with Gasteiger partial charge in [0.25, 0.3) is 0 Å². The average Bonchev–Trinajstić information content (AvgIpc) is 2.91. The number of carbonyl (C=O) groups is 1. The van der Waals surface area contributed by atoms with Crippen molar-refractivity contribution >= 4 is 27.3 Å². The van der Waals surface area contributed by atoms with Crippen LogP contribution in [0.15, 0.2) is 29.6 Å². The van der Waals surface area contributed by atoms with Gasteiger partial charge in [-0.25, -0.2) is 22.5 Å². The lowest BCUT2D eigenvalue weighted by Crippen LogP contribution is -2.34. The summed E-state index contributed by atoms with van der Waals surface area (Å²) in [5.41, 5.74) is 2.09. The van der Waals surface area contributed by atoms with Crippen LogP contribution < -0.4 is 0 Å². The molecule has 0 radical (unpaired) electrons. The van der Waals surface area contributed by atoms with Gasteiger partial charge in [-0.2, -0.15) is 0 Å². The van der Waals surface area contributed by atoms with Gasteiger partial charge in [-0.3, -0.25) is 4.90 Å². The normalized spacial score (nSPS) is 17.1. The van der Waals surface area contributed by atoms with Crippen molar-refractivity contribution in [3.8, 4) is 10.6 Å². The van der Waals surface area contributed by atoms with Crippen LogP contribution in [0.1, 0.15) is 22.5 Å². The highest BCUT2D eigenvalue weighted by molar-refractivity contribution is 7.88. The Hall–Kier alpha value is -1.81. The highest BCUT2D eigenvalue weighted by atomic mass is 32.2. The zero-order chi connectivity index (χ0) is 18.7. The van der Waals surface area contributed by atoms with Gasteiger partial charge in [0.2, 0.25) is 10.0 Å². The number of nitrogens with zero attached hydrogens (tertiary/aromatic N) is 3. The summed E-state index contributed by atoms with van der Waals surface area (Å²) in [5.74, 6) is -0.944. The van der Waals surface area contributed by atoms with Crippen molar-refractivity contribution in [2.45, 2.75) is 13.0 Å². The maximum Gasteiger partial charge on any atom is 0.335 e. The van der Waals surface area contributed by atoms with Crippen molar-refractivity contribution in [1.82, 2.24) is 14.2 Å². The number of benzene rings is 1. The van der Waals surface area contributed by atoms with E-state index in [9.17, 15) is 13.2 Å². The molecule has 1 aromatic carbocycles. The van der Waals surface area contributed by atoms with Gasteiger partial charge in [0, 0.05) is 37.1 Å². The second-order valence-corrected chi connectivity index (χ2v) is 9.16. The number of carboxylic acids is 1. The fraction of sp³-hybridized carbons (Fsp3) is 0.412. The predicted octanol–water partition coefficient (Wildman–Crippen LogP) is 1.98. The molecule has 1 saturated heterocycles. The van der Waals surface area contributed by atoms with Crippen LogP contribution in [0.5, 0.6) is 0 Å². The molecule has 1 fully saturated rings. The van der Waals surface area contributed by atoms with Crippen molar-refractivity contribution in [2.24, 2.45) is 0 Å². The molecule has 0 amide bonds. The number of aromatic carboxylic acids is 1. The molecular weight excluding hydrogens is 374 g/mol. The predicted molar refractivity (Wildman–Crippen MR) is 101 cm³/mol. The van der Waals surface area contributed by atoms with Crippen LogP contribution >= 0.6 is 11.3 Å². The fourth-order valence-corrected chi connectivity index (χ4v) is 4.62. The highest BCUT2D eigenvalue weighted by Gasteiger charge is 2.21. The van der Waals surface area contributed by atoms with E-state index in [0.29, 0.717) is 26.2 Å². The van der Waals surface area contributed by atoms with Gasteiger partial charge < -0.3 is 5.11 Å². The molecule has 0 saturated carbocycles. The summed E-state index contributed by atoms with van der Waals surface area (Å²) in [5, 5.41) is 11.8. The maximum absolute atomic E-state index is 11.7. The Kier molecular flexibility index (Phi) is 5.71. The van der Waals surface area contributed by atoms with Gasteiger partial charge in [-0.1, -0.05) is 12.1 Å². The SMILES string of the molecule is CS(=O)(=O)N1CCCN(Cc2csc(-c3ccc(C(=O)O)cc3)n2)CC1. The van der Waals surface area contributed by atoms with Gasteiger partial charge in [0.15, 0.2) is 0 Å². The first-order valence-corrected chi connectivity index (χ1v) is 11.0. The zero-order valence-electron chi connectivity index (χ0n) is 14.5. The van der Waals surface area contributed by atoms with Crippen molar-refractivity contribution in [3.05, 3.63) is 40.9 Å². The molecule has 0 unspecified atom stereocenters. The lowest BCUT2D eigenvalue weighted by molar-refractivity contribution is 0.0697. The first-order chi connectivity index (χ1) is 12.3. The third-order valence-electron chi connectivity index (χ3n) is 4.33. The Morgan fingerprint density at radius 3 is 2.58 bits per heavy atom. The van der Waals surface area contributed by atoms with Gasteiger partial charge in [-0.05, 0) is 25.1 Å². The number of aromatic nitrogens is 1. The second-order valence-electron chi connectivity index (χ2n) is 6.32. The van der Waals surface area contributed by atoms with Gasteiger partial charge in [-0.15, -0.1) is 11.3 Å². The summed E-state index contributed by atoms with van der Waals surface area (Å²) in [6, 6.07) is 6.69. The quantitative estimate of drug-likeness (QED) is 0.832. The van der Waals surface area contributed by atoms with E-state index in [0.717, 1.165) is 29.2 Å². The van der Waals surface area contributed by atoms with Crippen molar-refractivity contribution in [2.75, 3.05) is 32.4 Å². The molecule has 1 aliphatic rings. The summed E-state index contributed by atoms with van der Waals surface area (Å²) in [6.45, 7) is 3.28. The lowest BCUT2D eigenvalue weighted by atomic mass is 10.1. The molecule has 2 aromatic rings. The summed E-state index contributed by atoms with van der Waals surface area (Å²) < 4.78 is 24.9. The molecule has 0 aliphatic carbocycles. The fourth-order valence-electron chi connectivity index (χ4n) is 2.93. The standard InChI is InChI=1S/C17H21N3O4S2/c1-26(23,24)20-8-2-7-19(9-10-20)11-15-12-25-16(18-15)13-3-5-14(6-4-13)17(21)22/h3-6,12H,2,7-11H2,1H3,(H,21,22). The number of carboxylic acid groups (broad SMARTS) is 1. The first kappa shape index (κ1) is 19.0. The van der Waals surface area contributed by atoms with Crippen LogP contribution in [0.4, 0.5) is 0 Å². The summed E-state index contributed by atoms with van der Waals surface area (Å²) >= 11 is 1.52. The van der Waals surface area contributed by atoms with Crippen LogP contribution in [-0.2, 0) is 16.6 Å². The molecule has 1 N–H and O–H groups in total. The van der Waals surface area contributed by atoms with Gasteiger partial charge >= 0.3 is 5.97 Å². The molecule has 140 valence electrons. The van der Waals surface area contributed by atoms with Crippen LogP contribution in [-0.4, -0.2) is 66.1 Å². The Morgan fingerprint density at radius 2 is 1.92 bits per heavy atom. The van der Waals surface area contributed by atoms with Crippen molar-refractivity contribution in [3.63, 3.8) is 0 Å². The number of sulfonamides is 1.